The van der Waals surface area contributed by atoms with Crippen molar-refractivity contribution in [2.24, 2.45) is 5.92 Å². The van der Waals surface area contributed by atoms with Crippen molar-refractivity contribution in [1.82, 2.24) is 10.2 Å². The molecule has 0 aliphatic carbocycles. The van der Waals surface area contributed by atoms with Gasteiger partial charge in [-0.2, -0.15) is 0 Å². The van der Waals surface area contributed by atoms with Crippen LogP contribution in [0.3, 0.4) is 0 Å². The SMILES string of the molecule is CNC1COCC1C(=O)N1CCCCC1C(=O)OC. The largest absolute Gasteiger partial charge is 0.467 e. The van der Waals surface area contributed by atoms with E-state index < -0.39 is 6.04 Å². The molecule has 108 valence electrons. The summed E-state index contributed by atoms with van der Waals surface area (Å²) in [6.45, 7) is 1.60. The molecule has 2 aliphatic rings. The van der Waals surface area contributed by atoms with Crippen LogP contribution in [0.2, 0.25) is 0 Å². The number of nitrogens with zero attached hydrogens (tertiary/aromatic N) is 1. The number of hydrogen-bond donors (Lipinski definition) is 1. The average molecular weight is 270 g/mol. The Bertz CT molecular complexity index is 348. The van der Waals surface area contributed by atoms with Crippen molar-refractivity contribution in [2.45, 2.75) is 31.3 Å². The van der Waals surface area contributed by atoms with Crippen LogP contribution in [0.1, 0.15) is 19.3 Å². The number of hydrogen-bond acceptors (Lipinski definition) is 5. The van der Waals surface area contributed by atoms with Crippen LogP contribution in [0, 0.1) is 5.92 Å². The third-order valence-corrected chi connectivity index (χ3v) is 4.03. The number of likely N-dealkylation sites (tertiary alicyclic amines) is 1. The Kier molecular flexibility index (Phi) is 4.76. The normalized spacial score (nSPS) is 31.3. The fraction of sp³-hybridized carbons (Fsp3) is 0.846. The molecule has 0 saturated carbocycles. The highest BCUT2D eigenvalue weighted by Gasteiger charge is 2.40. The lowest BCUT2D eigenvalue weighted by Crippen LogP contribution is -2.53. The molecule has 0 aromatic rings. The van der Waals surface area contributed by atoms with Crippen molar-refractivity contribution >= 4 is 11.9 Å². The van der Waals surface area contributed by atoms with E-state index >= 15 is 0 Å². The molecule has 2 aliphatic heterocycles. The van der Waals surface area contributed by atoms with E-state index in [1.54, 1.807) is 4.90 Å². The Labute approximate surface area is 113 Å². The smallest absolute Gasteiger partial charge is 0.328 e. The minimum absolute atomic E-state index is 0.00644. The van der Waals surface area contributed by atoms with E-state index in [1.165, 1.54) is 7.11 Å². The summed E-state index contributed by atoms with van der Waals surface area (Å²) >= 11 is 0. The van der Waals surface area contributed by atoms with Crippen molar-refractivity contribution < 1.29 is 19.1 Å². The van der Waals surface area contributed by atoms with Crippen LogP contribution in [0.25, 0.3) is 0 Å². The third kappa shape index (κ3) is 2.90. The Balaban J connectivity index is 2.09. The lowest BCUT2D eigenvalue weighted by molar-refractivity contribution is -0.156. The number of methoxy groups -OCH3 is 1. The lowest BCUT2D eigenvalue weighted by Gasteiger charge is -2.36. The standard InChI is InChI=1S/C13H22N2O4/c1-14-10-8-19-7-9(10)12(16)15-6-4-3-5-11(15)13(17)18-2/h9-11,14H,3-8H2,1-2H3. The van der Waals surface area contributed by atoms with Gasteiger partial charge in [0.05, 0.1) is 26.2 Å². The summed E-state index contributed by atoms with van der Waals surface area (Å²) in [4.78, 5) is 26.1. The molecule has 2 heterocycles. The van der Waals surface area contributed by atoms with E-state index in [0.717, 1.165) is 12.8 Å². The van der Waals surface area contributed by atoms with Crippen LogP contribution in [0.4, 0.5) is 0 Å². The van der Waals surface area contributed by atoms with Crippen LogP contribution in [0.15, 0.2) is 0 Å². The third-order valence-electron chi connectivity index (χ3n) is 4.03. The first-order valence-corrected chi connectivity index (χ1v) is 6.82. The zero-order chi connectivity index (χ0) is 13.8. The van der Waals surface area contributed by atoms with Crippen molar-refractivity contribution in [3.63, 3.8) is 0 Å². The minimum Gasteiger partial charge on any atom is -0.467 e. The molecule has 0 radical (unpaired) electrons. The van der Waals surface area contributed by atoms with Gasteiger partial charge in [-0.05, 0) is 26.3 Å². The number of carbonyl (C=O) groups excluding carboxylic acids is 2. The molecule has 3 unspecified atom stereocenters. The predicted octanol–water partition coefficient (Wildman–Crippen LogP) is -0.225. The van der Waals surface area contributed by atoms with Crippen LogP contribution >= 0.6 is 0 Å². The number of piperidine rings is 1. The Morgan fingerprint density at radius 3 is 2.79 bits per heavy atom. The van der Waals surface area contributed by atoms with E-state index in [-0.39, 0.29) is 23.8 Å². The number of rotatable bonds is 3. The molecular formula is C13H22N2O4. The Morgan fingerprint density at radius 1 is 1.32 bits per heavy atom. The second-order valence-electron chi connectivity index (χ2n) is 5.11. The summed E-state index contributed by atoms with van der Waals surface area (Å²) in [6.07, 6.45) is 2.59. The van der Waals surface area contributed by atoms with Gasteiger partial charge in [0.15, 0.2) is 0 Å². The molecule has 0 aromatic carbocycles. The zero-order valence-corrected chi connectivity index (χ0v) is 11.6. The maximum absolute atomic E-state index is 12.6. The van der Waals surface area contributed by atoms with E-state index in [1.807, 2.05) is 7.05 Å². The average Bonchev–Trinajstić information content (AvgIpc) is 2.94. The number of esters is 1. The van der Waals surface area contributed by atoms with Gasteiger partial charge in [-0.25, -0.2) is 4.79 Å². The second kappa shape index (κ2) is 6.34. The van der Waals surface area contributed by atoms with Crippen molar-refractivity contribution in [2.75, 3.05) is 33.9 Å². The molecule has 2 rings (SSSR count). The van der Waals surface area contributed by atoms with E-state index in [4.69, 9.17) is 9.47 Å². The molecule has 0 spiro atoms. The van der Waals surface area contributed by atoms with Crippen LogP contribution in [0.5, 0.6) is 0 Å². The van der Waals surface area contributed by atoms with Gasteiger partial charge in [0, 0.05) is 12.6 Å². The van der Waals surface area contributed by atoms with Crippen LogP contribution in [-0.2, 0) is 19.1 Å². The number of carbonyl (C=O) groups is 2. The van der Waals surface area contributed by atoms with Gasteiger partial charge in [0.25, 0.3) is 0 Å². The maximum atomic E-state index is 12.6. The van der Waals surface area contributed by atoms with E-state index in [2.05, 4.69) is 5.32 Å². The highest BCUT2D eigenvalue weighted by atomic mass is 16.5. The van der Waals surface area contributed by atoms with Gasteiger partial charge in [-0.3, -0.25) is 4.79 Å². The van der Waals surface area contributed by atoms with Crippen LogP contribution in [-0.4, -0.2) is 62.8 Å². The second-order valence-corrected chi connectivity index (χ2v) is 5.11. The summed E-state index contributed by atoms with van der Waals surface area (Å²) in [5, 5.41) is 3.10. The highest BCUT2D eigenvalue weighted by Crippen LogP contribution is 2.24. The molecule has 1 N–H and O–H groups in total. The lowest BCUT2D eigenvalue weighted by atomic mass is 9.96. The van der Waals surface area contributed by atoms with E-state index in [9.17, 15) is 9.59 Å². The van der Waals surface area contributed by atoms with Gasteiger partial charge >= 0.3 is 5.97 Å². The molecule has 0 aromatic heterocycles. The van der Waals surface area contributed by atoms with Gasteiger partial charge in [0.1, 0.15) is 6.04 Å². The van der Waals surface area contributed by atoms with Gasteiger partial charge in [-0.15, -0.1) is 0 Å². The topological polar surface area (TPSA) is 67.9 Å². The quantitative estimate of drug-likeness (QED) is 0.718. The molecule has 1 amide bonds. The number of ether oxygens (including phenoxy) is 2. The van der Waals surface area contributed by atoms with Crippen molar-refractivity contribution in [3.8, 4) is 0 Å². The van der Waals surface area contributed by atoms with Gasteiger partial charge < -0.3 is 19.7 Å². The molecule has 2 fully saturated rings. The summed E-state index contributed by atoms with van der Waals surface area (Å²) < 4.78 is 10.2. The minimum atomic E-state index is -0.427. The molecule has 19 heavy (non-hydrogen) atoms. The van der Waals surface area contributed by atoms with Crippen LogP contribution < -0.4 is 5.32 Å². The molecule has 2 saturated heterocycles. The first kappa shape index (κ1) is 14.3. The zero-order valence-electron chi connectivity index (χ0n) is 11.6. The number of likely N-dealkylation sites (N-methyl/N-ethyl adjacent to an activating group) is 1. The van der Waals surface area contributed by atoms with Crippen molar-refractivity contribution in [3.05, 3.63) is 0 Å². The fourth-order valence-corrected chi connectivity index (χ4v) is 2.87. The van der Waals surface area contributed by atoms with Gasteiger partial charge in [0.2, 0.25) is 5.91 Å². The Hall–Kier alpha value is -1.14. The molecule has 6 nitrogen and oxygen atoms in total. The molecule has 3 atom stereocenters. The van der Waals surface area contributed by atoms with Crippen molar-refractivity contribution in [1.29, 1.82) is 0 Å². The number of amides is 1. The molecule has 6 heteroatoms. The number of nitrogens with one attached hydrogen (secondary N) is 1. The van der Waals surface area contributed by atoms with E-state index in [0.29, 0.717) is 26.2 Å². The molecule has 0 bridgehead atoms. The Morgan fingerprint density at radius 2 is 2.11 bits per heavy atom. The monoisotopic (exact) mass is 270 g/mol. The summed E-state index contributed by atoms with van der Waals surface area (Å²) in [7, 11) is 3.20. The molecular weight excluding hydrogens is 248 g/mol. The summed E-state index contributed by atoms with van der Waals surface area (Å²) in [5.41, 5.74) is 0. The fourth-order valence-electron chi connectivity index (χ4n) is 2.87. The maximum Gasteiger partial charge on any atom is 0.328 e. The summed E-state index contributed by atoms with van der Waals surface area (Å²) in [6, 6.07) is -0.392. The predicted molar refractivity (Wildman–Crippen MR) is 68.5 cm³/mol. The van der Waals surface area contributed by atoms with Gasteiger partial charge in [-0.1, -0.05) is 0 Å². The first-order valence-electron chi connectivity index (χ1n) is 6.82. The highest BCUT2D eigenvalue weighted by molar-refractivity contribution is 5.86. The first-order chi connectivity index (χ1) is 9.19. The summed E-state index contributed by atoms with van der Waals surface area (Å²) in [5.74, 6) is -0.504.